The van der Waals surface area contributed by atoms with Gasteiger partial charge >= 0.3 is 5.97 Å². The number of carbonyl (C=O) groups is 4. The number of ketones is 1. The Morgan fingerprint density at radius 3 is 2.83 bits per heavy atom. The summed E-state index contributed by atoms with van der Waals surface area (Å²) in [7, 11) is 0. The molecule has 0 bridgehead atoms. The third-order valence-electron chi connectivity index (χ3n) is 6.20. The standard InChI is InChI=1S/C26H29N3O6/c1-3-34-26-18(13-22(31)35-26)12-19(30)15-29-14-16(2)8-9-21(25(29)33)28-24(32)23-20-7-5-4-6-17(20)10-11-27-23/h4-8,10-11,18,21,26H,3,9,12-15H2,1-2H3,(H,28,32). The molecule has 3 heterocycles. The number of amides is 2. The molecule has 3 unspecified atom stereocenters. The number of benzene rings is 1. The maximum absolute atomic E-state index is 13.3. The number of carbonyl (C=O) groups excluding carboxylic acids is 4. The van der Waals surface area contributed by atoms with Crippen LogP contribution in [-0.2, 0) is 23.9 Å². The van der Waals surface area contributed by atoms with Crippen LogP contribution >= 0.6 is 0 Å². The summed E-state index contributed by atoms with van der Waals surface area (Å²) < 4.78 is 10.6. The lowest BCUT2D eigenvalue weighted by molar-refractivity contribution is -0.167. The van der Waals surface area contributed by atoms with Gasteiger partial charge in [-0.15, -0.1) is 0 Å². The topological polar surface area (TPSA) is 115 Å². The van der Waals surface area contributed by atoms with E-state index in [1.807, 2.05) is 43.3 Å². The highest BCUT2D eigenvalue weighted by Crippen LogP contribution is 2.27. The maximum atomic E-state index is 13.3. The second-order valence-corrected chi connectivity index (χ2v) is 8.91. The van der Waals surface area contributed by atoms with Crippen LogP contribution in [0.1, 0.15) is 43.6 Å². The van der Waals surface area contributed by atoms with Gasteiger partial charge in [-0.1, -0.05) is 35.9 Å². The fourth-order valence-electron chi connectivity index (χ4n) is 4.52. The molecule has 2 aromatic rings. The molecule has 0 aliphatic carbocycles. The van der Waals surface area contributed by atoms with Crippen molar-refractivity contribution in [2.75, 3.05) is 19.7 Å². The van der Waals surface area contributed by atoms with Crippen molar-refractivity contribution in [3.05, 3.63) is 53.9 Å². The molecule has 0 saturated carbocycles. The molecular weight excluding hydrogens is 450 g/mol. The van der Waals surface area contributed by atoms with E-state index in [2.05, 4.69) is 10.3 Å². The van der Waals surface area contributed by atoms with Crippen LogP contribution in [0.5, 0.6) is 0 Å². The molecule has 3 atom stereocenters. The summed E-state index contributed by atoms with van der Waals surface area (Å²) in [5.41, 5.74) is 1.18. The second kappa shape index (κ2) is 10.8. The molecule has 2 aliphatic rings. The highest BCUT2D eigenvalue weighted by molar-refractivity contribution is 6.06. The Morgan fingerprint density at radius 2 is 2.03 bits per heavy atom. The van der Waals surface area contributed by atoms with Gasteiger partial charge in [0.05, 0.1) is 13.0 Å². The molecule has 35 heavy (non-hydrogen) atoms. The van der Waals surface area contributed by atoms with Crippen molar-refractivity contribution in [3.63, 3.8) is 0 Å². The van der Waals surface area contributed by atoms with E-state index in [-0.39, 0.29) is 42.7 Å². The van der Waals surface area contributed by atoms with E-state index < -0.39 is 24.2 Å². The Morgan fingerprint density at radius 1 is 1.23 bits per heavy atom. The average Bonchev–Trinajstić information content (AvgIpc) is 3.12. The van der Waals surface area contributed by atoms with Crippen molar-refractivity contribution in [2.24, 2.45) is 5.92 Å². The summed E-state index contributed by atoms with van der Waals surface area (Å²) in [4.78, 5) is 56.6. The van der Waals surface area contributed by atoms with Gasteiger partial charge in [-0.25, -0.2) is 0 Å². The normalized spacial score (nSPS) is 22.5. The van der Waals surface area contributed by atoms with E-state index in [4.69, 9.17) is 9.47 Å². The summed E-state index contributed by atoms with van der Waals surface area (Å²) in [6.07, 6.45) is 3.23. The number of nitrogens with zero attached hydrogens (tertiary/aromatic N) is 2. The van der Waals surface area contributed by atoms with E-state index in [1.165, 1.54) is 4.90 Å². The summed E-state index contributed by atoms with van der Waals surface area (Å²) in [6.45, 7) is 4.21. The highest BCUT2D eigenvalue weighted by Gasteiger charge is 2.37. The van der Waals surface area contributed by atoms with Crippen molar-refractivity contribution >= 4 is 34.3 Å². The molecular formula is C26H29N3O6. The van der Waals surface area contributed by atoms with E-state index in [1.54, 1.807) is 13.1 Å². The van der Waals surface area contributed by atoms with Crippen molar-refractivity contribution in [1.29, 1.82) is 0 Å². The van der Waals surface area contributed by atoms with Crippen LogP contribution in [0.3, 0.4) is 0 Å². The minimum atomic E-state index is -0.818. The van der Waals surface area contributed by atoms with Crippen LogP contribution in [0.2, 0.25) is 0 Å². The number of hydrogen-bond donors (Lipinski definition) is 1. The lowest BCUT2D eigenvalue weighted by Crippen LogP contribution is -2.49. The Bertz CT molecular complexity index is 1170. The van der Waals surface area contributed by atoms with Gasteiger partial charge in [0.2, 0.25) is 12.2 Å². The molecule has 0 radical (unpaired) electrons. The van der Waals surface area contributed by atoms with Gasteiger partial charge in [-0.2, -0.15) is 0 Å². The first-order chi connectivity index (χ1) is 16.9. The first kappa shape index (κ1) is 24.5. The number of hydrogen-bond acceptors (Lipinski definition) is 7. The fraction of sp³-hybridized carbons (Fsp3) is 0.423. The van der Waals surface area contributed by atoms with Gasteiger partial charge in [-0.05, 0) is 31.7 Å². The summed E-state index contributed by atoms with van der Waals surface area (Å²) in [6, 6.07) is 8.42. The number of pyridine rings is 1. The summed E-state index contributed by atoms with van der Waals surface area (Å²) >= 11 is 0. The quantitative estimate of drug-likeness (QED) is 0.457. The van der Waals surface area contributed by atoms with E-state index >= 15 is 0 Å². The zero-order chi connectivity index (χ0) is 24.9. The van der Waals surface area contributed by atoms with Gasteiger partial charge in [0.1, 0.15) is 11.7 Å². The number of nitrogens with one attached hydrogen (secondary N) is 1. The lowest BCUT2D eigenvalue weighted by Gasteiger charge is -2.25. The minimum absolute atomic E-state index is 0.0693. The predicted molar refractivity (Wildman–Crippen MR) is 127 cm³/mol. The number of ether oxygens (including phenoxy) is 2. The van der Waals surface area contributed by atoms with E-state index in [9.17, 15) is 19.2 Å². The van der Waals surface area contributed by atoms with Crippen molar-refractivity contribution in [2.45, 2.75) is 45.4 Å². The van der Waals surface area contributed by atoms with Gasteiger partial charge < -0.3 is 19.7 Å². The van der Waals surface area contributed by atoms with Gasteiger partial charge in [0, 0.05) is 37.1 Å². The molecule has 2 aliphatic heterocycles. The van der Waals surface area contributed by atoms with Gasteiger partial charge in [0.15, 0.2) is 5.78 Å². The predicted octanol–water partition coefficient (Wildman–Crippen LogP) is 2.40. The Labute approximate surface area is 203 Å². The van der Waals surface area contributed by atoms with Crippen LogP contribution in [0.4, 0.5) is 0 Å². The zero-order valence-corrected chi connectivity index (χ0v) is 19.9. The van der Waals surface area contributed by atoms with Gasteiger partial charge in [0.25, 0.3) is 5.91 Å². The molecule has 1 aromatic carbocycles. The molecule has 9 nitrogen and oxygen atoms in total. The zero-order valence-electron chi connectivity index (χ0n) is 19.9. The Balaban J connectivity index is 1.44. The number of esters is 1. The van der Waals surface area contributed by atoms with Crippen LogP contribution in [0.25, 0.3) is 10.8 Å². The highest BCUT2D eigenvalue weighted by atomic mass is 16.7. The Hall–Kier alpha value is -3.59. The third kappa shape index (κ3) is 5.74. The van der Waals surface area contributed by atoms with Crippen molar-refractivity contribution in [3.8, 4) is 0 Å². The molecule has 1 fully saturated rings. The van der Waals surface area contributed by atoms with Crippen LogP contribution in [0.15, 0.2) is 48.2 Å². The van der Waals surface area contributed by atoms with Crippen LogP contribution in [0, 0.1) is 5.92 Å². The number of fused-ring (bicyclic) bond motifs is 1. The molecule has 2 amide bonds. The summed E-state index contributed by atoms with van der Waals surface area (Å²) in [5, 5.41) is 4.39. The summed E-state index contributed by atoms with van der Waals surface area (Å²) in [5.74, 6) is -1.74. The number of aromatic nitrogens is 1. The minimum Gasteiger partial charge on any atom is -0.435 e. The molecule has 1 aromatic heterocycles. The first-order valence-corrected chi connectivity index (χ1v) is 11.8. The third-order valence-corrected chi connectivity index (χ3v) is 6.20. The van der Waals surface area contributed by atoms with Crippen molar-refractivity contribution in [1.82, 2.24) is 15.2 Å². The maximum Gasteiger partial charge on any atom is 0.308 e. The molecule has 1 saturated heterocycles. The molecule has 0 spiro atoms. The smallest absolute Gasteiger partial charge is 0.308 e. The fourth-order valence-corrected chi connectivity index (χ4v) is 4.52. The number of cyclic esters (lactones) is 1. The molecule has 4 rings (SSSR count). The number of rotatable bonds is 8. The molecule has 1 N–H and O–H groups in total. The molecule has 9 heteroatoms. The number of Topliss-reactive ketones (excluding diaryl/α,β-unsaturated/α-hetero) is 1. The largest absolute Gasteiger partial charge is 0.435 e. The first-order valence-electron chi connectivity index (χ1n) is 11.8. The molecule has 184 valence electrons. The van der Waals surface area contributed by atoms with Crippen LogP contribution < -0.4 is 5.32 Å². The monoisotopic (exact) mass is 479 g/mol. The average molecular weight is 480 g/mol. The lowest BCUT2D eigenvalue weighted by atomic mass is 9.99. The van der Waals surface area contributed by atoms with Gasteiger partial charge in [-0.3, -0.25) is 24.2 Å². The van der Waals surface area contributed by atoms with E-state index in [0.717, 1.165) is 11.0 Å². The second-order valence-electron chi connectivity index (χ2n) is 8.91. The van der Waals surface area contributed by atoms with Crippen LogP contribution in [-0.4, -0.2) is 65.5 Å². The SMILES string of the molecule is CCOC1OC(=O)CC1CC(=O)CN1CC(C)=CCC(NC(=O)c2nccc3ccccc23)C1=O. The van der Waals surface area contributed by atoms with E-state index in [0.29, 0.717) is 25.0 Å². The van der Waals surface area contributed by atoms with Crippen molar-refractivity contribution < 1.29 is 28.7 Å². The Kier molecular flexibility index (Phi) is 7.55.